The summed E-state index contributed by atoms with van der Waals surface area (Å²) in [6, 6.07) is 13.0. The highest BCUT2D eigenvalue weighted by molar-refractivity contribution is 6.32. The topological polar surface area (TPSA) is 62.4 Å². The second-order valence-electron chi connectivity index (χ2n) is 5.86. The molecule has 0 saturated carbocycles. The summed E-state index contributed by atoms with van der Waals surface area (Å²) in [5.41, 5.74) is 3.20. The molecule has 3 rings (SSSR count). The van der Waals surface area contributed by atoms with Gasteiger partial charge in [-0.1, -0.05) is 35.9 Å². The van der Waals surface area contributed by atoms with E-state index in [1.807, 2.05) is 36.4 Å². The van der Waals surface area contributed by atoms with Crippen LogP contribution in [-0.2, 0) is 12.8 Å². The number of halogens is 2. The summed E-state index contributed by atoms with van der Waals surface area (Å²) in [6.45, 7) is 2.65. The van der Waals surface area contributed by atoms with Crippen molar-refractivity contribution < 1.29 is 9.53 Å². The predicted octanol–water partition coefficient (Wildman–Crippen LogP) is 3.65. The molecule has 0 bridgehead atoms. The molecular formula is C19H23Cl2N3O2. The quantitative estimate of drug-likeness (QED) is 0.677. The summed E-state index contributed by atoms with van der Waals surface area (Å²) < 4.78 is 5.89. The van der Waals surface area contributed by atoms with E-state index < -0.39 is 0 Å². The van der Waals surface area contributed by atoms with Crippen LogP contribution >= 0.6 is 24.0 Å². The number of amides is 2. The maximum Gasteiger partial charge on any atom is 0.319 e. The standard InChI is InChI=1S/C19H22ClN3O2.ClH/c20-17-7-6-14-8-10-21-11-9-16(14)18(17)25-13-12-22-19(24)23-15-4-2-1-3-5-15;/h1-7,21H,8-13H2,(H2,22,23,24);1H. The van der Waals surface area contributed by atoms with Crippen molar-refractivity contribution in [2.45, 2.75) is 12.8 Å². The number of fused-ring (bicyclic) bond motifs is 1. The lowest BCUT2D eigenvalue weighted by molar-refractivity contribution is 0.247. The van der Waals surface area contributed by atoms with Gasteiger partial charge < -0.3 is 20.7 Å². The van der Waals surface area contributed by atoms with Crippen molar-refractivity contribution in [3.8, 4) is 5.75 Å². The Bertz CT molecular complexity index is 726. The highest BCUT2D eigenvalue weighted by Gasteiger charge is 2.16. The van der Waals surface area contributed by atoms with Gasteiger partial charge >= 0.3 is 6.03 Å². The average Bonchev–Trinajstić information content (AvgIpc) is 2.86. The molecule has 1 heterocycles. The zero-order valence-corrected chi connectivity index (χ0v) is 16.0. The number of hydrogen-bond acceptors (Lipinski definition) is 3. The molecule has 1 aliphatic rings. The fraction of sp³-hybridized carbons (Fsp3) is 0.316. The van der Waals surface area contributed by atoms with Crippen LogP contribution in [0.2, 0.25) is 5.02 Å². The number of nitrogens with one attached hydrogen (secondary N) is 3. The van der Waals surface area contributed by atoms with Crippen LogP contribution in [0.15, 0.2) is 42.5 Å². The minimum Gasteiger partial charge on any atom is -0.490 e. The molecule has 2 amide bonds. The first-order valence-electron chi connectivity index (χ1n) is 8.48. The number of benzene rings is 2. The molecule has 2 aromatic rings. The molecule has 0 spiro atoms. The number of rotatable bonds is 5. The molecule has 0 atom stereocenters. The number of hydrogen-bond donors (Lipinski definition) is 3. The molecular weight excluding hydrogens is 373 g/mol. The number of carbonyl (C=O) groups excluding carboxylic acids is 1. The van der Waals surface area contributed by atoms with Crippen LogP contribution in [0.25, 0.3) is 0 Å². The van der Waals surface area contributed by atoms with E-state index in [9.17, 15) is 4.79 Å². The summed E-state index contributed by atoms with van der Waals surface area (Å²) in [5, 5.41) is 9.56. The molecule has 1 aliphatic heterocycles. The summed E-state index contributed by atoms with van der Waals surface area (Å²) in [7, 11) is 0. The van der Waals surface area contributed by atoms with Crippen LogP contribution in [0.1, 0.15) is 11.1 Å². The number of carbonyl (C=O) groups is 1. The molecule has 5 nitrogen and oxygen atoms in total. The van der Waals surface area contributed by atoms with Gasteiger partial charge in [0.1, 0.15) is 12.4 Å². The van der Waals surface area contributed by atoms with Gasteiger partial charge in [-0.05, 0) is 49.7 Å². The van der Waals surface area contributed by atoms with Gasteiger partial charge in [-0.2, -0.15) is 0 Å². The third-order valence-electron chi connectivity index (χ3n) is 4.10. The Hall–Kier alpha value is -1.95. The minimum atomic E-state index is -0.253. The van der Waals surface area contributed by atoms with Crippen LogP contribution in [0.3, 0.4) is 0 Å². The Balaban J connectivity index is 0.00000243. The van der Waals surface area contributed by atoms with Crippen LogP contribution in [0, 0.1) is 0 Å². The van der Waals surface area contributed by atoms with Crippen LogP contribution in [0.4, 0.5) is 10.5 Å². The van der Waals surface area contributed by atoms with E-state index in [0.717, 1.165) is 37.4 Å². The Kier molecular flexibility index (Phi) is 8.04. The van der Waals surface area contributed by atoms with E-state index in [-0.39, 0.29) is 18.4 Å². The Labute approximate surface area is 164 Å². The molecule has 7 heteroatoms. The van der Waals surface area contributed by atoms with Gasteiger partial charge in [0.05, 0.1) is 11.6 Å². The first-order chi connectivity index (χ1) is 12.2. The number of urea groups is 1. The van der Waals surface area contributed by atoms with Crippen LogP contribution in [-0.4, -0.2) is 32.3 Å². The van der Waals surface area contributed by atoms with Crippen molar-refractivity contribution >= 4 is 35.7 Å². The van der Waals surface area contributed by atoms with Crippen LogP contribution < -0.4 is 20.7 Å². The molecule has 3 N–H and O–H groups in total. The highest BCUT2D eigenvalue weighted by Crippen LogP contribution is 2.32. The Morgan fingerprint density at radius 1 is 1.12 bits per heavy atom. The second kappa shape index (κ2) is 10.3. The normalized spacial score (nSPS) is 13.0. The lowest BCUT2D eigenvalue weighted by Gasteiger charge is -2.15. The summed E-state index contributed by atoms with van der Waals surface area (Å²) >= 11 is 6.32. The molecule has 2 aromatic carbocycles. The third kappa shape index (κ3) is 5.53. The molecule has 0 fully saturated rings. The van der Waals surface area contributed by atoms with Crippen LogP contribution in [0.5, 0.6) is 5.75 Å². The highest BCUT2D eigenvalue weighted by atomic mass is 35.5. The second-order valence-corrected chi connectivity index (χ2v) is 6.27. The first kappa shape index (κ1) is 20.4. The predicted molar refractivity (Wildman–Crippen MR) is 108 cm³/mol. The van der Waals surface area contributed by atoms with Crippen molar-refractivity contribution in [1.82, 2.24) is 10.6 Å². The zero-order valence-electron chi connectivity index (χ0n) is 14.4. The third-order valence-corrected chi connectivity index (χ3v) is 4.40. The van der Waals surface area contributed by atoms with Crippen molar-refractivity contribution in [3.05, 3.63) is 58.6 Å². The van der Waals surface area contributed by atoms with Gasteiger partial charge in [-0.15, -0.1) is 12.4 Å². The molecule has 0 radical (unpaired) electrons. The number of anilines is 1. The number of para-hydroxylation sites is 1. The van der Waals surface area contributed by atoms with Crippen molar-refractivity contribution in [1.29, 1.82) is 0 Å². The number of ether oxygens (including phenoxy) is 1. The minimum absolute atomic E-state index is 0. The van der Waals surface area contributed by atoms with Crippen molar-refractivity contribution in [2.24, 2.45) is 0 Å². The van der Waals surface area contributed by atoms with Gasteiger partial charge in [-0.25, -0.2) is 4.79 Å². The fourth-order valence-electron chi connectivity index (χ4n) is 2.88. The molecule has 140 valence electrons. The maximum absolute atomic E-state index is 11.9. The van der Waals surface area contributed by atoms with E-state index in [1.54, 1.807) is 0 Å². The zero-order chi connectivity index (χ0) is 17.5. The lowest BCUT2D eigenvalue weighted by atomic mass is 10.0. The first-order valence-corrected chi connectivity index (χ1v) is 8.85. The Morgan fingerprint density at radius 2 is 1.88 bits per heavy atom. The largest absolute Gasteiger partial charge is 0.490 e. The monoisotopic (exact) mass is 395 g/mol. The Morgan fingerprint density at radius 3 is 2.69 bits per heavy atom. The van der Waals surface area contributed by atoms with E-state index in [1.165, 1.54) is 11.1 Å². The molecule has 0 aliphatic carbocycles. The van der Waals surface area contributed by atoms with Crippen molar-refractivity contribution in [3.63, 3.8) is 0 Å². The van der Waals surface area contributed by atoms with Gasteiger partial charge in [0.15, 0.2) is 0 Å². The van der Waals surface area contributed by atoms with Gasteiger partial charge in [-0.3, -0.25) is 0 Å². The SMILES string of the molecule is Cl.O=C(NCCOc1c(Cl)ccc2c1CCNCC2)Nc1ccccc1. The fourth-order valence-corrected chi connectivity index (χ4v) is 3.11. The van der Waals surface area contributed by atoms with E-state index in [2.05, 4.69) is 22.0 Å². The maximum atomic E-state index is 11.9. The average molecular weight is 396 g/mol. The lowest BCUT2D eigenvalue weighted by Crippen LogP contribution is -2.32. The van der Waals surface area contributed by atoms with Gasteiger partial charge in [0, 0.05) is 11.3 Å². The van der Waals surface area contributed by atoms with Gasteiger partial charge in [0.25, 0.3) is 0 Å². The summed E-state index contributed by atoms with van der Waals surface area (Å²) in [4.78, 5) is 11.9. The molecule has 0 unspecified atom stereocenters. The summed E-state index contributed by atoms with van der Waals surface area (Å²) in [5.74, 6) is 0.744. The van der Waals surface area contributed by atoms with E-state index in [4.69, 9.17) is 16.3 Å². The summed E-state index contributed by atoms with van der Waals surface area (Å²) in [6.07, 6.45) is 1.87. The van der Waals surface area contributed by atoms with Gasteiger partial charge in [0.2, 0.25) is 0 Å². The van der Waals surface area contributed by atoms with E-state index >= 15 is 0 Å². The van der Waals surface area contributed by atoms with Crippen molar-refractivity contribution in [2.75, 3.05) is 31.6 Å². The molecule has 26 heavy (non-hydrogen) atoms. The molecule has 0 aromatic heterocycles. The van der Waals surface area contributed by atoms with E-state index in [0.29, 0.717) is 18.2 Å². The molecule has 0 saturated heterocycles. The smallest absolute Gasteiger partial charge is 0.319 e.